The summed E-state index contributed by atoms with van der Waals surface area (Å²) in [5.74, 6) is 1.14. The summed E-state index contributed by atoms with van der Waals surface area (Å²) in [6.45, 7) is 5.09. The molecule has 1 aliphatic rings. The second-order valence-electron chi connectivity index (χ2n) is 4.42. The number of pyridine rings is 1. The summed E-state index contributed by atoms with van der Waals surface area (Å²) < 4.78 is 0. The molecule has 1 aliphatic heterocycles. The molecule has 1 aromatic heterocycles. The normalized spacial score (nSPS) is 27.7. The smallest absolute Gasteiger partial charge is 0.143 e. The molecule has 0 radical (unpaired) electrons. The Bertz CT molecular complexity index is 415. The molecule has 0 saturated carbocycles. The van der Waals surface area contributed by atoms with Crippen molar-refractivity contribution in [2.24, 2.45) is 5.92 Å². The fraction of sp³-hybridized carbons (Fsp3) is 0.500. The van der Waals surface area contributed by atoms with Crippen LogP contribution in [-0.2, 0) is 0 Å². The third-order valence-corrected chi connectivity index (χ3v) is 3.26. The molecule has 5 nitrogen and oxygen atoms in total. The van der Waals surface area contributed by atoms with Crippen LogP contribution in [0.25, 0.3) is 0 Å². The Hall–Kier alpha value is -1.64. The first-order chi connectivity index (χ1) is 8.22. The quantitative estimate of drug-likeness (QED) is 0.720. The molecule has 2 rings (SSSR count). The van der Waals surface area contributed by atoms with E-state index in [4.69, 9.17) is 5.26 Å². The van der Waals surface area contributed by atoms with E-state index in [-0.39, 0.29) is 0 Å². The van der Waals surface area contributed by atoms with Crippen LogP contribution in [0, 0.1) is 17.2 Å². The van der Waals surface area contributed by atoms with Crippen LogP contribution in [-0.4, -0.2) is 23.6 Å². The van der Waals surface area contributed by atoms with Crippen molar-refractivity contribution in [1.82, 2.24) is 15.8 Å². The Morgan fingerprint density at radius 1 is 1.41 bits per heavy atom. The predicted octanol–water partition coefficient (Wildman–Crippen LogP) is 0.866. The zero-order chi connectivity index (χ0) is 12.3. The van der Waals surface area contributed by atoms with Gasteiger partial charge in [-0.25, -0.2) is 4.98 Å². The fourth-order valence-electron chi connectivity index (χ4n) is 2.11. The second kappa shape index (κ2) is 5.13. The maximum Gasteiger partial charge on any atom is 0.143 e. The summed E-state index contributed by atoms with van der Waals surface area (Å²) in [4.78, 5) is 4.19. The van der Waals surface area contributed by atoms with Gasteiger partial charge >= 0.3 is 0 Å². The van der Waals surface area contributed by atoms with E-state index >= 15 is 0 Å². The average molecular weight is 231 g/mol. The fourth-order valence-corrected chi connectivity index (χ4v) is 2.11. The number of nitriles is 1. The van der Waals surface area contributed by atoms with Crippen LogP contribution in [0.5, 0.6) is 0 Å². The van der Waals surface area contributed by atoms with Gasteiger partial charge in [0.1, 0.15) is 11.9 Å². The number of nitrogens with one attached hydrogen (secondary N) is 3. The number of hydrogen-bond acceptors (Lipinski definition) is 5. The van der Waals surface area contributed by atoms with E-state index < -0.39 is 0 Å². The van der Waals surface area contributed by atoms with Crippen LogP contribution in [0.3, 0.4) is 0 Å². The lowest BCUT2D eigenvalue weighted by atomic mass is 9.97. The van der Waals surface area contributed by atoms with Crippen molar-refractivity contribution in [3.63, 3.8) is 0 Å². The maximum atomic E-state index is 8.96. The monoisotopic (exact) mass is 231 g/mol. The van der Waals surface area contributed by atoms with Crippen LogP contribution in [0.15, 0.2) is 18.3 Å². The molecule has 3 N–H and O–H groups in total. The first kappa shape index (κ1) is 11.8. The highest BCUT2D eigenvalue weighted by Gasteiger charge is 2.29. The summed E-state index contributed by atoms with van der Waals surface area (Å²) in [6, 6.07) is 6.50. The number of anilines is 1. The van der Waals surface area contributed by atoms with E-state index in [1.807, 2.05) is 0 Å². The van der Waals surface area contributed by atoms with Gasteiger partial charge in [0.15, 0.2) is 0 Å². The molecular formula is C12H17N5. The van der Waals surface area contributed by atoms with Gasteiger partial charge in [-0.05, 0) is 26.0 Å². The molecule has 90 valence electrons. The zero-order valence-corrected chi connectivity index (χ0v) is 10.1. The predicted molar refractivity (Wildman–Crippen MR) is 66.1 cm³/mol. The van der Waals surface area contributed by atoms with Crippen LogP contribution in [0.2, 0.25) is 0 Å². The minimum atomic E-state index is 0.409. The second-order valence-corrected chi connectivity index (χ2v) is 4.42. The van der Waals surface area contributed by atoms with Gasteiger partial charge in [0.05, 0.1) is 5.56 Å². The van der Waals surface area contributed by atoms with E-state index in [0.29, 0.717) is 29.4 Å². The topological polar surface area (TPSA) is 72.8 Å². The van der Waals surface area contributed by atoms with Gasteiger partial charge in [-0.15, -0.1) is 0 Å². The number of aromatic nitrogens is 1. The highest BCUT2D eigenvalue weighted by atomic mass is 15.4. The van der Waals surface area contributed by atoms with E-state index in [9.17, 15) is 0 Å². The van der Waals surface area contributed by atoms with Gasteiger partial charge in [0, 0.05) is 30.7 Å². The van der Waals surface area contributed by atoms with Gasteiger partial charge in [-0.2, -0.15) is 5.26 Å². The third kappa shape index (κ3) is 2.54. The third-order valence-electron chi connectivity index (χ3n) is 3.26. The molecule has 5 heteroatoms. The first-order valence-electron chi connectivity index (χ1n) is 5.82. The molecule has 1 aromatic rings. The van der Waals surface area contributed by atoms with Gasteiger partial charge in [0.2, 0.25) is 0 Å². The Labute approximate surface area is 101 Å². The van der Waals surface area contributed by atoms with Gasteiger partial charge < -0.3 is 5.32 Å². The van der Waals surface area contributed by atoms with Crippen LogP contribution in [0.1, 0.15) is 19.4 Å². The van der Waals surface area contributed by atoms with Crippen LogP contribution >= 0.6 is 0 Å². The molecule has 0 aromatic carbocycles. The van der Waals surface area contributed by atoms with Crippen LogP contribution < -0.4 is 16.2 Å². The summed E-state index contributed by atoms with van der Waals surface area (Å²) >= 11 is 0. The Balaban J connectivity index is 2.00. The molecule has 1 saturated heterocycles. The standard InChI is InChI=1S/C12H17N5/c1-8-11(9(2)17-16-8)7-15-12-10(6-13)4-3-5-14-12/h3-5,8-9,11,16-17H,7H2,1-2H3,(H,14,15). The van der Waals surface area contributed by atoms with E-state index in [2.05, 4.69) is 41.1 Å². The Morgan fingerprint density at radius 2 is 2.12 bits per heavy atom. The lowest BCUT2D eigenvalue weighted by molar-refractivity contribution is 0.466. The number of nitrogens with zero attached hydrogens (tertiary/aromatic N) is 2. The molecular weight excluding hydrogens is 214 g/mol. The molecule has 2 heterocycles. The average Bonchev–Trinajstić information content (AvgIpc) is 2.67. The minimum absolute atomic E-state index is 0.409. The van der Waals surface area contributed by atoms with E-state index in [1.54, 1.807) is 18.3 Å². The summed E-state index contributed by atoms with van der Waals surface area (Å²) in [6.07, 6.45) is 1.70. The maximum absolute atomic E-state index is 8.96. The molecule has 17 heavy (non-hydrogen) atoms. The highest BCUT2D eigenvalue weighted by Crippen LogP contribution is 2.16. The molecule has 0 bridgehead atoms. The van der Waals surface area contributed by atoms with Crippen molar-refractivity contribution >= 4 is 5.82 Å². The van der Waals surface area contributed by atoms with Crippen molar-refractivity contribution in [3.8, 4) is 6.07 Å². The number of hydrazine groups is 1. The van der Waals surface area contributed by atoms with Crippen molar-refractivity contribution in [3.05, 3.63) is 23.9 Å². The number of hydrogen-bond donors (Lipinski definition) is 3. The van der Waals surface area contributed by atoms with Gasteiger partial charge in [0.25, 0.3) is 0 Å². The zero-order valence-electron chi connectivity index (χ0n) is 10.1. The van der Waals surface area contributed by atoms with Crippen LogP contribution in [0.4, 0.5) is 5.82 Å². The van der Waals surface area contributed by atoms with E-state index in [0.717, 1.165) is 6.54 Å². The first-order valence-corrected chi connectivity index (χ1v) is 5.82. The van der Waals surface area contributed by atoms with E-state index in [1.165, 1.54) is 0 Å². The molecule has 0 amide bonds. The SMILES string of the molecule is CC1NNC(C)C1CNc1ncccc1C#N. The number of rotatable bonds is 3. The molecule has 0 spiro atoms. The van der Waals surface area contributed by atoms with Crippen molar-refractivity contribution in [2.45, 2.75) is 25.9 Å². The van der Waals surface area contributed by atoms with Gasteiger partial charge in [-0.1, -0.05) is 0 Å². The summed E-state index contributed by atoms with van der Waals surface area (Å²) in [5.41, 5.74) is 7.01. The van der Waals surface area contributed by atoms with Gasteiger partial charge in [-0.3, -0.25) is 10.9 Å². The minimum Gasteiger partial charge on any atom is -0.369 e. The van der Waals surface area contributed by atoms with Crippen molar-refractivity contribution in [2.75, 3.05) is 11.9 Å². The lowest BCUT2D eigenvalue weighted by Crippen LogP contribution is -2.30. The molecule has 1 fully saturated rings. The molecule has 0 aliphatic carbocycles. The summed E-state index contributed by atoms with van der Waals surface area (Å²) in [7, 11) is 0. The van der Waals surface area contributed by atoms with Crippen molar-refractivity contribution < 1.29 is 0 Å². The molecule has 2 atom stereocenters. The highest BCUT2D eigenvalue weighted by molar-refractivity contribution is 5.51. The summed E-state index contributed by atoms with van der Waals surface area (Å²) in [5, 5.41) is 12.2. The largest absolute Gasteiger partial charge is 0.369 e. The Kier molecular flexibility index (Phi) is 3.57. The lowest BCUT2D eigenvalue weighted by Gasteiger charge is -2.18. The molecule has 2 unspecified atom stereocenters. The van der Waals surface area contributed by atoms with Crippen molar-refractivity contribution in [1.29, 1.82) is 5.26 Å². The Morgan fingerprint density at radius 3 is 2.76 bits per heavy atom.